The number of nitrogens with zero attached hydrogens (tertiary/aromatic N) is 1. The summed E-state index contributed by atoms with van der Waals surface area (Å²) in [5.41, 5.74) is 2.52. The molecule has 0 radical (unpaired) electrons. The minimum atomic E-state index is 0. The van der Waals surface area contributed by atoms with Gasteiger partial charge in [0.1, 0.15) is 6.61 Å². The fourth-order valence-corrected chi connectivity index (χ4v) is 1.75. The summed E-state index contributed by atoms with van der Waals surface area (Å²) in [5.74, 6) is 0. The summed E-state index contributed by atoms with van der Waals surface area (Å²) in [7, 11) is 0. The first-order valence-electron chi connectivity index (χ1n) is 5.92. The normalized spacial score (nSPS) is 9.83. The van der Waals surface area contributed by atoms with Crippen LogP contribution in [0.15, 0.2) is 54.9 Å². The van der Waals surface area contributed by atoms with E-state index >= 15 is 0 Å². The number of hydrogen-bond donors (Lipinski definition) is 0. The van der Waals surface area contributed by atoms with Crippen LogP contribution in [-0.4, -0.2) is 6.61 Å². The van der Waals surface area contributed by atoms with Gasteiger partial charge in [-0.2, -0.15) is 0 Å². The van der Waals surface area contributed by atoms with Gasteiger partial charge in [-0.25, -0.2) is 4.57 Å². The average molecular weight is 355 g/mol. The van der Waals surface area contributed by atoms with Gasteiger partial charge in [-0.15, -0.1) is 0 Å². The van der Waals surface area contributed by atoms with Gasteiger partial charge in [-0.1, -0.05) is 35.9 Å². The van der Waals surface area contributed by atoms with E-state index in [4.69, 9.17) is 4.74 Å². The third-order valence-electron chi connectivity index (χ3n) is 2.62. The summed E-state index contributed by atoms with van der Waals surface area (Å²) in [5, 5.41) is 0. The van der Waals surface area contributed by atoms with Crippen molar-refractivity contribution in [1.29, 1.82) is 0 Å². The molecule has 0 saturated heterocycles. The first-order chi connectivity index (χ1) is 8.34. The number of aryl methyl sites for hydroxylation is 1. The van der Waals surface area contributed by atoms with E-state index in [0.717, 1.165) is 13.2 Å². The second-order valence-electron chi connectivity index (χ2n) is 4.15. The molecule has 2 rings (SSSR count). The van der Waals surface area contributed by atoms with Gasteiger partial charge in [0.25, 0.3) is 0 Å². The smallest absolute Gasteiger partial charge is 0.171 e. The van der Waals surface area contributed by atoms with Gasteiger partial charge in [0.05, 0.1) is 6.61 Å². The molecule has 0 aliphatic rings. The molecule has 0 aliphatic heterocycles. The molecule has 18 heavy (non-hydrogen) atoms. The predicted molar refractivity (Wildman–Crippen MR) is 67.5 cm³/mol. The van der Waals surface area contributed by atoms with Crippen LogP contribution in [0.5, 0.6) is 0 Å². The summed E-state index contributed by atoms with van der Waals surface area (Å²) in [4.78, 5) is 0. The summed E-state index contributed by atoms with van der Waals surface area (Å²) in [6, 6.07) is 14.5. The Morgan fingerprint density at radius 1 is 1.06 bits per heavy atom. The predicted octanol–water partition coefficient (Wildman–Crippen LogP) is -0.497. The molecular weight excluding hydrogens is 337 g/mol. The van der Waals surface area contributed by atoms with E-state index in [1.807, 2.05) is 18.2 Å². The van der Waals surface area contributed by atoms with Crippen LogP contribution < -0.4 is 28.5 Å². The summed E-state index contributed by atoms with van der Waals surface area (Å²) in [6.45, 7) is 4.42. The van der Waals surface area contributed by atoms with Gasteiger partial charge in [-0.3, -0.25) is 0 Å². The van der Waals surface area contributed by atoms with Gasteiger partial charge in [-0.05, 0) is 12.5 Å². The van der Waals surface area contributed by atoms with E-state index in [9.17, 15) is 0 Å². The zero-order valence-corrected chi connectivity index (χ0v) is 12.7. The van der Waals surface area contributed by atoms with Crippen molar-refractivity contribution in [3.05, 3.63) is 66.0 Å². The second-order valence-corrected chi connectivity index (χ2v) is 4.15. The fraction of sp³-hybridized carbons (Fsp3) is 0.267. The second kappa shape index (κ2) is 8.21. The van der Waals surface area contributed by atoms with E-state index in [1.165, 1.54) is 11.1 Å². The van der Waals surface area contributed by atoms with Gasteiger partial charge < -0.3 is 28.7 Å². The Bertz CT molecular complexity index is 459. The Morgan fingerprint density at radius 2 is 1.83 bits per heavy atom. The summed E-state index contributed by atoms with van der Waals surface area (Å²) >= 11 is 0. The monoisotopic (exact) mass is 355 g/mol. The van der Waals surface area contributed by atoms with E-state index in [2.05, 4.69) is 48.1 Å². The van der Waals surface area contributed by atoms with Crippen molar-refractivity contribution < 1.29 is 33.3 Å². The number of benzene rings is 1. The lowest BCUT2D eigenvalue weighted by Gasteiger charge is -2.03. The number of pyridine rings is 1. The van der Waals surface area contributed by atoms with E-state index < -0.39 is 0 Å². The molecule has 0 aliphatic carbocycles. The molecule has 0 spiro atoms. The molecular formula is C15H18INO. The van der Waals surface area contributed by atoms with Gasteiger partial charge in [0, 0.05) is 12.1 Å². The third-order valence-corrected chi connectivity index (χ3v) is 2.62. The topological polar surface area (TPSA) is 13.1 Å². The van der Waals surface area contributed by atoms with E-state index in [0.29, 0.717) is 6.61 Å². The first kappa shape index (κ1) is 15.1. The molecule has 96 valence electrons. The maximum absolute atomic E-state index is 5.66. The van der Waals surface area contributed by atoms with Gasteiger partial charge >= 0.3 is 0 Å². The minimum Gasteiger partial charge on any atom is -1.00 e. The Labute approximate surface area is 126 Å². The highest BCUT2D eigenvalue weighted by molar-refractivity contribution is 5.21. The quantitative estimate of drug-likeness (QED) is 0.401. The van der Waals surface area contributed by atoms with Crippen LogP contribution in [0.25, 0.3) is 0 Å². The number of halogens is 1. The zero-order chi connectivity index (χ0) is 11.9. The molecule has 1 heterocycles. The number of ether oxygens (including phenoxy) is 1. The Hall–Kier alpha value is -0.940. The Kier molecular flexibility index (Phi) is 6.90. The maximum Gasteiger partial charge on any atom is 0.171 e. The fourth-order valence-electron chi connectivity index (χ4n) is 1.75. The van der Waals surface area contributed by atoms with Gasteiger partial charge in [0.2, 0.25) is 0 Å². The lowest BCUT2D eigenvalue weighted by atomic mass is 10.1. The van der Waals surface area contributed by atoms with Crippen LogP contribution in [0.1, 0.15) is 11.1 Å². The molecule has 0 bridgehead atoms. The average Bonchev–Trinajstić information content (AvgIpc) is 2.36. The highest BCUT2D eigenvalue weighted by atomic mass is 127. The number of rotatable bonds is 5. The van der Waals surface area contributed by atoms with Crippen LogP contribution >= 0.6 is 0 Å². The van der Waals surface area contributed by atoms with Crippen molar-refractivity contribution >= 4 is 0 Å². The molecule has 0 atom stereocenters. The molecule has 3 heteroatoms. The molecule has 0 fully saturated rings. The standard InChI is InChI=1S/C15H18NO.HI/c1-14-6-5-7-15(12-14)13-17-11-10-16-8-3-2-4-9-16;/h2-9,12H,10-11,13H2,1H3;1H/q+1;/p-1. The Morgan fingerprint density at radius 3 is 2.56 bits per heavy atom. The van der Waals surface area contributed by atoms with Gasteiger partial charge in [0.15, 0.2) is 18.9 Å². The van der Waals surface area contributed by atoms with Crippen molar-refractivity contribution in [3.8, 4) is 0 Å². The number of hydrogen-bond acceptors (Lipinski definition) is 1. The van der Waals surface area contributed by atoms with Crippen LogP contribution in [0.3, 0.4) is 0 Å². The lowest BCUT2D eigenvalue weighted by molar-refractivity contribution is -0.698. The molecule has 1 aromatic carbocycles. The lowest BCUT2D eigenvalue weighted by Crippen LogP contribution is -3.00. The molecule has 0 unspecified atom stereocenters. The first-order valence-corrected chi connectivity index (χ1v) is 5.92. The molecule has 0 amide bonds. The van der Waals surface area contributed by atoms with Crippen molar-refractivity contribution in [3.63, 3.8) is 0 Å². The molecule has 1 aromatic heterocycles. The van der Waals surface area contributed by atoms with Crippen molar-refractivity contribution in [2.75, 3.05) is 6.61 Å². The molecule has 0 N–H and O–H groups in total. The minimum absolute atomic E-state index is 0. The van der Waals surface area contributed by atoms with Crippen molar-refractivity contribution in [2.45, 2.75) is 20.1 Å². The maximum atomic E-state index is 5.66. The highest BCUT2D eigenvalue weighted by Gasteiger charge is 1.98. The molecule has 0 saturated carbocycles. The van der Waals surface area contributed by atoms with Crippen LogP contribution in [0.4, 0.5) is 0 Å². The van der Waals surface area contributed by atoms with Crippen LogP contribution in [0.2, 0.25) is 0 Å². The van der Waals surface area contributed by atoms with Crippen LogP contribution in [0, 0.1) is 6.92 Å². The summed E-state index contributed by atoms with van der Waals surface area (Å²) in [6.07, 6.45) is 4.10. The highest BCUT2D eigenvalue weighted by Crippen LogP contribution is 2.04. The van der Waals surface area contributed by atoms with E-state index in [-0.39, 0.29) is 24.0 Å². The third kappa shape index (κ3) is 5.14. The zero-order valence-electron chi connectivity index (χ0n) is 10.6. The molecule has 2 aromatic rings. The van der Waals surface area contributed by atoms with E-state index in [1.54, 1.807) is 0 Å². The summed E-state index contributed by atoms with van der Waals surface area (Å²) < 4.78 is 7.78. The van der Waals surface area contributed by atoms with Crippen molar-refractivity contribution in [1.82, 2.24) is 0 Å². The van der Waals surface area contributed by atoms with Crippen molar-refractivity contribution in [2.24, 2.45) is 0 Å². The largest absolute Gasteiger partial charge is 1.00 e. The molecule has 2 nitrogen and oxygen atoms in total. The number of aromatic nitrogens is 1. The van der Waals surface area contributed by atoms with Crippen LogP contribution in [-0.2, 0) is 17.9 Å². The SMILES string of the molecule is Cc1cccc(COCC[n+]2ccccc2)c1.[I-]. The Balaban J connectivity index is 0.00000162.